The van der Waals surface area contributed by atoms with Gasteiger partial charge in [-0.3, -0.25) is 9.69 Å². The Morgan fingerprint density at radius 1 is 1.14 bits per heavy atom. The number of unbranched alkanes of at least 4 members (excludes halogenated alkanes) is 4. The number of aliphatic carboxylic acids is 1. The van der Waals surface area contributed by atoms with Gasteiger partial charge < -0.3 is 14.6 Å². The van der Waals surface area contributed by atoms with E-state index < -0.39 is 5.97 Å². The third kappa shape index (κ3) is 9.82. The van der Waals surface area contributed by atoms with E-state index in [-0.39, 0.29) is 12.6 Å². The lowest BCUT2D eigenvalue weighted by Crippen LogP contribution is -2.32. The molecule has 0 radical (unpaired) electrons. The van der Waals surface area contributed by atoms with E-state index >= 15 is 0 Å². The third-order valence-electron chi connectivity index (χ3n) is 3.82. The van der Waals surface area contributed by atoms with Crippen molar-refractivity contribution in [3.8, 4) is 0 Å². The molecule has 5 heteroatoms. The lowest BCUT2D eigenvalue weighted by atomic mass is 10.1. The largest absolute Gasteiger partial charge is 0.480 e. The van der Waals surface area contributed by atoms with Crippen molar-refractivity contribution in [3.05, 3.63) is 0 Å². The predicted octanol–water partition coefficient (Wildman–Crippen LogP) is 2.54. The van der Waals surface area contributed by atoms with E-state index in [1.807, 2.05) is 0 Å². The minimum atomic E-state index is -0.727. The summed E-state index contributed by atoms with van der Waals surface area (Å²) >= 11 is 0. The fourth-order valence-corrected chi connectivity index (χ4v) is 2.63. The molecule has 5 nitrogen and oxygen atoms in total. The van der Waals surface area contributed by atoms with Crippen LogP contribution in [0.3, 0.4) is 0 Å². The summed E-state index contributed by atoms with van der Waals surface area (Å²) in [5, 5.41) is 8.97. The molecule has 1 heterocycles. The Morgan fingerprint density at radius 3 is 2.52 bits per heavy atom. The first-order chi connectivity index (χ1) is 10.2. The van der Waals surface area contributed by atoms with Crippen molar-refractivity contribution in [3.63, 3.8) is 0 Å². The molecule has 1 fully saturated rings. The van der Waals surface area contributed by atoms with E-state index in [0.29, 0.717) is 19.8 Å². The van der Waals surface area contributed by atoms with Gasteiger partial charge >= 0.3 is 5.97 Å². The molecule has 0 aromatic heterocycles. The Kier molecular flexibility index (Phi) is 10.5. The highest BCUT2D eigenvalue weighted by Gasteiger charge is 2.14. The van der Waals surface area contributed by atoms with Crippen LogP contribution in [0.1, 0.15) is 51.9 Å². The summed E-state index contributed by atoms with van der Waals surface area (Å²) in [6, 6.07) is 0. The summed E-state index contributed by atoms with van der Waals surface area (Å²) in [6.07, 6.45) is 8.08. The molecular formula is C16H31NO4. The van der Waals surface area contributed by atoms with Crippen molar-refractivity contribution in [2.45, 2.75) is 58.0 Å². The van der Waals surface area contributed by atoms with E-state index in [1.54, 1.807) is 0 Å². The lowest BCUT2D eigenvalue weighted by Gasteiger charge is -2.24. The van der Waals surface area contributed by atoms with Crippen LogP contribution in [0.2, 0.25) is 0 Å². The molecule has 21 heavy (non-hydrogen) atoms. The number of rotatable bonds is 12. The summed E-state index contributed by atoms with van der Waals surface area (Å²) in [6.45, 7) is 6.23. The summed E-state index contributed by atoms with van der Waals surface area (Å²) < 4.78 is 11.0. The van der Waals surface area contributed by atoms with Gasteiger partial charge in [-0.2, -0.15) is 0 Å². The highest BCUT2D eigenvalue weighted by Crippen LogP contribution is 2.10. The van der Waals surface area contributed by atoms with Crippen LogP contribution >= 0.6 is 0 Å². The number of ether oxygens (including phenoxy) is 2. The topological polar surface area (TPSA) is 59.0 Å². The Morgan fingerprint density at radius 2 is 1.90 bits per heavy atom. The van der Waals surface area contributed by atoms with Gasteiger partial charge in [0.1, 0.15) is 0 Å². The maximum atomic E-state index is 10.9. The number of carboxylic acids is 1. The standard InChI is InChI=1S/C16H31NO4/c1-2-3-4-6-9-17(13-16(18)19)10-7-5-8-15-14-20-11-12-21-15/h15H,2-14H2,1H3,(H,18,19). The zero-order valence-electron chi connectivity index (χ0n) is 13.4. The summed E-state index contributed by atoms with van der Waals surface area (Å²) in [7, 11) is 0. The van der Waals surface area contributed by atoms with Gasteiger partial charge in [-0.15, -0.1) is 0 Å². The van der Waals surface area contributed by atoms with Crippen LogP contribution in [-0.2, 0) is 14.3 Å². The van der Waals surface area contributed by atoms with Crippen molar-refractivity contribution in [2.24, 2.45) is 0 Å². The first-order valence-corrected chi connectivity index (χ1v) is 8.36. The molecule has 1 N–H and O–H groups in total. The van der Waals surface area contributed by atoms with Crippen molar-refractivity contribution in [1.82, 2.24) is 4.90 Å². The molecule has 0 saturated carbocycles. The van der Waals surface area contributed by atoms with Crippen molar-refractivity contribution < 1.29 is 19.4 Å². The molecule has 1 atom stereocenters. The number of hydrogen-bond acceptors (Lipinski definition) is 4. The SMILES string of the molecule is CCCCCCN(CCCCC1COCCO1)CC(=O)O. The lowest BCUT2D eigenvalue weighted by molar-refractivity contribution is -0.138. The van der Waals surface area contributed by atoms with Gasteiger partial charge in [0.25, 0.3) is 0 Å². The molecule has 0 aromatic carbocycles. The molecule has 1 aliphatic rings. The second-order valence-electron chi connectivity index (χ2n) is 5.79. The average molecular weight is 301 g/mol. The average Bonchev–Trinajstić information content (AvgIpc) is 2.48. The second-order valence-corrected chi connectivity index (χ2v) is 5.79. The molecule has 0 amide bonds. The highest BCUT2D eigenvalue weighted by molar-refractivity contribution is 5.69. The number of nitrogens with zero attached hydrogens (tertiary/aromatic N) is 1. The number of carbonyl (C=O) groups is 1. The smallest absolute Gasteiger partial charge is 0.317 e. The van der Waals surface area contributed by atoms with Gasteiger partial charge in [0.05, 0.1) is 32.5 Å². The monoisotopic (exact) mass is 301 g/mol. The molecule has 0 aromatic rings. The van der Waals surface area contributed by atoms with Gasteiger partial charge in [0.15, 0.2) is 0 Å². The quantitative estimate of drug-likeness (QED) is 0.561. The zero-order valence-corrected chi connectivity index (χ0v) is 13.4. The maximum Gasteiger partial charge on any atom is 0.317 e. The Balaban J connectivity index is 2.10. The van der Waals surface area contributed by atoms with E-state index in [4.69, 9.17) is 14.6 Å². The normalized spacial score (nSPS) is 19.0. The third-order valence-corrected chi connectivity index (χ3v) is 3.82. The van der Waals surface area contributed by atoms with Crippen LogP contribution < -0.4 is 0 Å². The van der Waals surface area contributed by atoms with Crippen LogP contribution in [0.5, 0.6) is 0 Å². The minimum absolute atomic E-state index is 0.162. The van der Waals surface area contributed by atoms with Gasteiger partial charge in [0.2, 0.25) is 0 Å². The fraction of sp³-hybridized carbons (Fsp3) is 0.938. The van der Waals surface area contributed by atoms with Crippen LogP contribution in [0.15, 0.2) is 0 Å². The minimum Gasteiger partial charge on any atom is -0.480 e. The molecular weight excluding hydrogens is 270 g/mol. The van der Waals surface area contributed by atoms with E-state index in [9.17, 15) is 4.79 Å². The zero-order chi connectivity index (χ0) is 15.3. The maximum absolute atomic E-state index is 10.9. The molecule has 1 rings (SSSR count). The van der Waals surface area contributed by atoms with Gasteiger partial charge in [-0.25, -0.2) is 0 Å². The molecule has 1 aliphatic heterocycles. The molecule has 1 unspecified atom stereocenters. The van der Waals surface area contributed by atoms with Crippen LogP contribution in [0.25, 0.3) is 0 Å². The number of carboxylic acid groups (broad SMARTS) is 1. The van der Waals surface area contributed by atoms with Crippen LogP contribution in [-0.4, -0.2) is 61.5 Å². The Bertz CT molecular complexity index is 267. The first kappa shape index (κ1) is 18.4. The van der Waals surface area contributed by atoms with Crippen LogP contribution in [0, 0.1) is 0 Å². The second kappa shape index (κ2) is 12.0. The van der Waals surface area contributed by atoms with Crippen molar-refractivity contribution in [1.29, 1.82) is 0 Å². The molecule has 0 bridgehead atoms. The Labute approximate surface area is 128 Å². The van der Waals surface area contributed by atoms with Gasteiger partial charge in [0, 0.05) is 0 Å². The summed E-state index contributed by atoms with van der Waals surface area (Å²) in [4.78, 5) is 13.0. The van der Waals surface area contributed by atoms with Crippen molar-refractivity contribution >= 4 is 5.97 Å². The molecule has 124 valence electrons. The molecule has 0 aliphatic carbocycles. The fourth-order valence-electron chi connectivity index (χ4n) is 2.63. The van der Waals surface area contributed by atoms with E-state index in [1.165, 1.54) is 19.3 Å². The van der Waals surface area contributed by atoms with Crippen molar-refractivity contribution in [2.75, 3.05) is 39.5 Å². The van der Waals surface area contributed by atoms with Gasteiger partial charge in [-0.05, 0) is 38.8 Å². The highest BCUT2D eigenvalue weighted by atomic mass is 16.6. The molecule has 0 spiro atoms. The van der Waals surface area contributed by atoms with Crippen LogP contribution in [0.4, 0.5) is 0 Å². The number of hydrogen-bond donors (Lipinski definition) is 1. The Hall–Kier alpha value is -0.650. The van der Waals surface area contributed by atoms with Gasteiger partial charge in [-0.1, -0.05) is 26.2 Å². The van der Waals surface area contributed by atoms with E-state index in [0.717, 1.165) is 38.8 Å². The predicted molar refractivity (Wildman–Crippen MR) is 82.6 cm³/mol. The first-order valence-electron chi connectivity index (χ1n) is 8.36. The summed E-state index contributed by atoms with van der Waals surface area (Å²) in [5.74, 6) is -0.727. The van der Waals surface area contributed by atoms with E-state index in [2.05, 4.69) is 11.8 Å². The summed E-state index contributed by atoms with van der Waals surface area (Å²) in [5.41, 5.74) is 0. The molecule has 1 saturated heterocycles.